The number of amides is 2. The molecule has 0 saturated carbocycles. The molecule has 16 heavy (non-hydrogen) atoms. The Morgan fingerprint density at radius 2 is 2.38 bits per heavy atom. The molecule has 0 aromatic carbocycles. The molecule has 0 aromatic heterocycles. The summed E-state index contributed by atoms with van der Waals surface area (Å²) >= 11 is 1.77. The Kier molecular flexibility index (Phi) is 4.99. The van der Waals surface area contributed by atoms with Crippen LogP contribution in [0.2, 0.25) is 0 Å². The molecule has 1 fully saturated rings. The number of hydrogen-bond acceptors (Lipinski definition) is 3. The number of thioether (sulfide) groups is 1. The summed E-state index contributed by atoms with van der Waals surface area (Å²) in [6.45, 7) is 0. The van der Waals surface area contributed by atoms with Crippen molar-refractivity contribution in [1.29, 1.82) is 0 Å². The summed E-state index contributed by atoms with van der Waals surface area (Å²) in [5, 5.41) is 13.8. The van der Waals surface area contributed by atoms with Gasteiger partial charge in [0.2, 0.25) is 0 Å². The maximum absolute atomic E-state index is 11.4. The van der Waals surface area contributed by atoms with Crippen LogP contribution >= 0.6 is 11.8 Å². The molecule has 1 heterocycles. The third-order valence-electron chi connectivity index (χ3n) is 2.19. The van der Waals surface area contributed by atoms with E-state index in [1.807, 2.05) is 0 Å². The van der Waals surface area contributed by atoms with Crippen molar-refractivity contribution in [3.05, 3.63) is 0 Å². The Balaban J connectivity index is 2.36. The van der Waals surface area contributed by atoms with Crippen LogP contribution in [0.25, 0.3) is 0 Å². The van der Waals surface area contributed by atoms with Crippen LogP contribution in [-0.2, 0) is 4.79 Å². The molecule has 3 N–H and O–H groups in total. The van der Waals surface area contributed by atoms with E-state index in [1.165, 1.54) is 0 Å². The van der Waals surface area contributed by atoms with E-state index >= 15 is 0 Å². The number of aliphatic carboxylic acids is 1. The molecule has 1 rings (SSSR count). The van der Waals surface area contributed by atoms with Crippen molar-refractivity contribution in [2.75, 3.05) is 11.5 Å². The quantitative estimate of drug-likeness (QED) is 0.618. The second-order valence-electron chi connectivity index (χ2n) is 3.48. The lowest BCUT2D eigenvalue weighted by Crippen LogP contribution is -2.48. The van der Waals surface area contributed by atoms with Gasteiger partial charge >= 0.3 is 12.0 Å². The Morgan fingerprint density at radius 3 is 2.88 bits per heavy atom. The zero-order chi connectivity index (χ0) is 12.0. The van der Waals surface area contributed by atoms with E-state index in [0.717, 1.165) is 17.9 Å². The van der Waals surface area contributed by atoms with E-state index in [2.05, 4.69) is 16.6 Å². The highest BCUT2D eigenvalue weighted by atomic mass is 32.2. The number of carboxylic acids is 1. The van der Waals surface area contributed by atoms with Gasteiger partial charge in [-0.25, -0.2) is 9.59 Å². The smallest absolute Gasteiger partial charge is 0.327 e. The van der Waals surface area contributed by atoms with Crippen LogP contribution in [0.3, 0.4) is 0 Å². The van der Waals surface area contributed by atoms with Crippen molar-refractivity contribution < 1.29 is 14.7 Å². The van der Waals surface area contributed by atoms with Crippen molar-refractivity contribution in [2.45, 2.75) is 24.9 Å². The fourth-order valence-electron chi connectivity index (χ4n) is 1.35. The first-order chi connectivity index (χ1) is 7.63. The molecule has 1 saturated heterocycles. The van der Waals surface area contributed by atoms with Crippen molar-refractivity contribution in [3.63, 3.8) is 0 Å². The molecular formula is C10H14N2O3S. The van der Waals surface area contributed by atoms with Crippen molar-refractivity contribution in [2.24, 2.45) is 0 Å². The Bertz CT molecular complexity index is 308. The molecule has 2 atom stereocenters. The summed E-state index contributed by atoms with van der Waals surface area (Å²) in [5.41, 5.74) is 0. The fourth-order valence-corrected chi connectivity index (χ4v) is 2.50. The van der Waals surface area contributed by atoms with Gasteiger partial charge in [-0.2, -0.15) is 11.8 Å². The van der Waals surface area contributed by atoms with Gasteiger partial charge in [-0.1, -0.05) is 0 Å². The van der Waals surface area contributed by atoms with E-state index in [-0.39, 0.29) is 12.5 Å². The molecule has 6 heteroatoms. The second-order valence-corrected chi connectivity index (χ2v) is 4.63. The van der Waals surface area contributed by atoms with Crippen LogP contribution in [0.15, 0.2) is 0 Å². The molecule has 5 nitrogen and oxygen atoms in total. The Morgan fingerprint density at radius 1 is 1.62 bits per heavy atom. The van der Waals surface area contributed by atoms with Crippen molar-refractivity contribution in [3.8, 4) is 12.3 Å². The molecule has 88 valence electrons. The maximum atomic E-state index is 11.4. The Hall–Kier alpha value is -1.35. The van der Waals surface area contributed by atoms with Crippen LogP contribution in [0.5, 0.6) is 0 Å². The second kappa shape index (κ2) is 6.28. The van der Waals surface area contributed by atoms with E-state index in [1.54, 1.807) is 11.8 Å². The number of urea groups is 1. The number of terminal acetylenes is 1. The van der Waals surface area contributed by atoms with Crippen molar-refractivity contribution >= 4 is 23.8 Å². The summed E-state index contributed by atoms with van der Waals surface area (Å²) in [6, 6.07) is -1.35. The number of carboxylic acid groups (broad SMARTS) is 1. The molecule has 0 aromatic rings. The molecule has 0 aliphatic carbocycles. The number of nitrogens with one attached hydrogen (secondary N) is 2. The van der Waals surface area contributed by atoms with Gasteiger partial charge in [0.05, 0.1) is 0 Å². The molecule has 0 bridgehead atoms. The van der Waals surface area contributed by atoms with Crippen LogP contribution in [0, 0.1) is 12.3 Å². The standard InChI is InChI=1S/C10H14N2O3S/c1-2-3-8(9(13)14)12-10(15)11-7-4-5-16-6-7/h1,7-8H,3-6H2,(H,13,14)(H2,11,12,15). The average Bonchev–Trinajstić information content (AvgIpc) is 2.69. The zero-order valence-electron chi connectivity index (χ0n) is 8.73. The lowest BCUT2D eigenvalue weighted by molar-refractivity contribution is -0.139. The summed E-state index contributed by atoms with van der Waals surface area (Å²) in [4.78, 5) is 22.1. The Labute approximate surface area is 98.4 Å². The predicted molar refractivity (Wildman–Crippen MR) is 62.3 cm³/mol. The minimum atomic E-state index is -1.12. The van der Waals surface area contributed by atoms with Gasteiger partial charge < -0.3 is 15.7 Å². The molecule has 1 aliphatic rings. The molecular weight excluding hydrogens is 228 g/mol. The van der Waals surface area contributed by atoms with Gasteiger partial charge in [0.15, 0.2) is 0 Å². The number of carbonyl (C=O) groups is 2. The van der Waals surface area contributed by atoms with E-state index in [4.69, 9.17) is 11.5 Å². The SMILES string of the molecule is C#CCC(NC(=O)NC1CCSC1)C(=O)O. The van der Waals surface area contributed by atoms with Gasteiger partial charge in [0.25, 0.3) is 0 Å². The summed E-state index contributed by atoms with van der Waals surface area (Å²) < 4.78 is 0. The van der Waals surface area contributed by atoms with Crippen molar-refractivity contribution in [1.82, 2.24) is 10.6 Å². The largest absolute Gasteiger partial charge is 0.480 e. The van der Waals surface area contributed by atoms with E-state index in [0.29, 0.717) is 0 Å². The van der Waals surface area contributed by atoms with Crippen LogP contribution in [0.4, 0.5) is 4.79 Å². The van der Waals surface area contributed by atoms with Crippen LogP contribution < -0.4 is 10.6 Å². The zero-order valence-corrected chi connectivity index (χ0v) is 9.55. The van der Waals surface area contributed by atoms with Crippen LogP contribution in [0.1, 0.15) is 12.8 Å². The first-order valence-electron chi connectivity index (χ1n) is 4.94. The van der Waals surface area contributed by atoms with E-state index in [9.17, 15) is 9.59 Å². The first kappa shape index (κ1) is 12.7. The number of carbonyl (C=O) groups excluding carboxylic acids is 1. The molecule has 2 unspecified atom stereocenters. The molecule has 0 radical (unpaired) electrons. The lowest BCUT2D eigenvalue weighted by Gasteiger charge is -2.15. The van der Waals surface area contributed by atoms with Crippen LogP contribution in [-0.4, -0.2) is 40.7 Å². The highest BCUT2D eigenvalue weighted by Gasteiger charge is 2.22. The minimum Gasteiger partial charge on any atom is -0.480 e. The van der Waals surface area contributed by atoms with Gasteiger partial charge in [-0.15, -0.1) is 12.3 Å². The van der Waals surface area contributed by atoms with Gasteiger partial charge in [-0.3, -0.25) is 0 Å². The normalized spacial score (nSPS) is 20.8. The third-order valence-corrected chi connectivity index (χ3v) is 3.35. The fraction of sp³-hybridized carbons (Fsp3) is 0.600. The minimum absolute atomic E-state index is 0.0117. The van der Waals surface area contributed by atoms with Gasteiger partial charge in [0.1, 0.15) is 6.04 Å². The third kappa shape index (κ3) is 4.03. The van der Waals surface area contributed by atoms with Gasteiger partial charge in [0, 0.05) is 18.2 Å². The monoisotopic (exact) mass is 242 g/mol. The number of hydrogen-bond donors (Lipinski definition) is 3. The molecule has 0 spiro atoms. The highest BCUT2D eigenvalue weighted by Crippen LogP contribution is 2.16. The maximum Gasteiger partial charge on any atom is 0.327 e. The molecule has 2 amide bonds. The average molecular weight is 242 g/mol. The number of rotatable bonds is 4. The summed E-state index contributed by atoms with van der Waals surface area (Å²) in [6.07, 6.45) is 5.93. The highest BCUT2D eigenvalue weighted by molar-refractivity contribution is 7.99. The topological polar surface area (TPSA) is 78.4 Å². The lowest BCUT2D eigenvalue weighted by atomic mass is 10.2. The van der Waals surface area contributed by atoms with E-state index < -0.39 is 18.0 Å². The first-order valence-corrected chi connectivity index (χ1v) is 6.10. The predicted octanol–water partition coefficient (Wildman–Crippen LogP) is 0.268. The summed E-state index contributed by atoms with van der Waals surface area (Å²) in [7, 11) is 0. The summed E-state index contributed by atoms with van der Waals surface area (Å²) in [5.74, 6) is 3.00. The van der Waals surface area contributed by atoms with Gasteiger partial charge in [-0.05, 0) is 12.2 Å². The molecule has 1 aliphatic heterocycles.